The molecule has 0 radical (unpaired) electrons. The van der Waals surface area contributed by atoms with Crippen LogP contribution in [-0.2, 0) is 13.2 Å². The molecule has 0 saturated heterocycles. The second-order valence-corrected chi connectivity index (χ2v) is 4.74. The summed E-state index contributed by atoms with van der Waals surface area (Å²) in [5, 5.41) is 1.06. The summed E-state index contributed by atoms with van der Waals surface area (Å²) < 4.78 is 19.3. The molecule has 106 valence electrons. The van der Waals surface area contributed by atoms with Crippen LogP contribution in [0.5, 0.6) is 5.75 Å². The highest BCUT2D eigenvalue weighted by Crippen LogP contribution is 2.20. The summed E-state index contributed by atoms with van der Waals surface area (Å²) in [5.74, 6) is 0.142. The fourth-order valence-corrected chi connectivity index (χ4v) is 2.23. The van der Waals surface area contributed by atoms with E-state index < -0.39 is 0 Å². The molecule has 1 aromatic heterocycles. The van der Waals surface area contributed by atoms with E-state index in [4.69, 9.17) is 10.5 Å². The van der Waals surface area contributed by atoms with Crippen molar-refractivity contribution >= 4 is 10.9 Å². The second kappa shape index (κ2) is 5.89. The lowest BCUT2D eigenvalue weighted by atomic mass is 10.1. The van der Waals surface area contributed by atoms with Crippen LogP contribution < -0.4 is 10.5 Å². The molecule has 0 bridgehead atoms. The van der Waals surface area contributed by atoms with Crippen molar-refractivity contribution in [3.05, 3.63) is 71.7 Å². The molecule has 0 spiro atoms. The molecule has 3 aromatic rings. The maximum absolute atomic E-state index is 13.7. The molecule has 0 aliphatic carbocycles. The van der Waals surface area contributed by atoms with E-state index in [9.17, 15) is 4.39 Å². The van der Waals surface area contributed by atoms with E-state index in [1.165, 1.54) is 6.07 Å². The van der Waals surface area contributed by atoms with Gasteiger partial charge in [-0.1, -0.05) is 30.3 Å². The number of ether oxygens (including phenoxy) is 1. The summed E-state index contributed by atoms with van der Waals surface area (Å²) in [6, 6.07) is 14.5. The predicted octanol–water partition coefficient (Wildman–Crippen LogP) is 3.41. The van der Waals surface area contributed by atoms with E-state index >= 15 is 0 Å². The van der Waals surface area contributed by atoms with Crippen molar-refractivity contribution in [1.82, 2.24) is 4.98 Å². The second-order valence-electron chi connectivity index (χ2n) is 4.74. The SMILES string of the molecule is NCc1ccc(OCc2cccc3cccnc23)cc1F. The smallest absolute Gasteiger partial charge is 0.131 e. The largest absolute Gasteiger partial charge is 0.489 e. The first kappa shape index (κ1) is 13.5. The average molecular weight is 282 g/mol. The van der Waals surface area contributed by atoms with E-state index in [0.717, 1.165) is 16.5 Å². The number of pyridine rings is 1. The third-order valence-corrected chi connectivity index (χ3v) is 3.36. The van der Waals surface area contributed by atoms with Crippen LogP contribution in [0, 0.1) is 5.82 Å². The van der Waals surface area contributed by atoms with Gasteiger partial charge in [0.15, 0.2) is 0 Å². The number of para-hydroxylation sites is 1. The number of aromatic nitrogens is 1. The molecule has 0 saturated carbocycles. The van der Waals surface area contributed by atoms with E-state index in [-0.39, 0.29) is 12.4 Å². The third kappa shape index (κ3) is 2.85. The molecule has 3 nitrogen and oxygen atoms in total. The van der Waals surface area contributed by atoms with E-state index in [0.29, 0.717) is 17.9 Å². The van der Waals surface area contributed by atoms with Crippen LogP contribution >= 0.6 is 0 Å². The summed E-state index contributed by atoms with van der Waals surface area (Å²) in [6.07, 6.45) is 1.75. The standard InChI is InChI=1S/C17H15FN2O/c18-16-9-15(7-6-13(16)10-19)21-11-14-4-1-3-12-5-2-8-20-17(12)14/h1-9H,10-11,19H2. The molecule has 0 aliphatic heterocycles. The molecule has 3 rings (SSSR count). The lowest BCUT2D eigenvalue weighted by molar-refractivity contribution is 0.305. The van der Waals surface area contributed by atoms with Crippen LogP contribution in [0.2, 0.25) is 0 Å². The van der Waals surface area contributed by atoms with Gasteiger partial charge in [-0.15, -0.1) is 0 Å². The minimum Gasteiger partial charge on any atom is -0.489 e. The van der Waals surface area contributed by atoms with Gasteiger partial charge in [-0.2, -0.15) is 0 Å². The zero-order chi connectivity index (χ0) is 14.7. The summed E-state index contributed by atoms with van der Waals surface area (Å²) >= 11 is 0. The Hall–Kier alpha value is -2.46. The van der Waals surface area contributed by atoms with Crippen molar-refractivity contribution in [2.24, 2.45) is 5.73 Å². The van der Waals surface area contributed by atoms with E-state index in [1.54, 1.807) is 18.3 Å². The molecule has 2 aromatic carbocycles. The number of hydrogen-bond acceptors (Lipinski definition) is 3. The van der Waals surface area contributed by atoms with Gasteiger partial charge in [0, 0.05) is 35.3 Å². The van der Waals surface area contributed by atoms with E-state index in [1.807, 2.05) is 30.3 Å². The third-order valence-electron chi connectivity index (χ3n) is 3.36. The lowest BCUT2D eigenvalue weighted by Crippen LogP contribution is -2.01. The number of benzene rings is 2. The first-order valence-corrected chi connectivity index (χ1v) is 6.72. The van der Waals surface area contributed by atoms with Gasteiger partial charge in [0.2, 0.25) is 0 Å². The van der Waals surface area contributed by atoms with E-state index in [2.05, 4.69) is 4.98 Å². The number of rotatable bonds is 4. The molecular formula is C17H15FN2O. The molecular weight excluding hydrogens is 267 g/mol. The Morgan fingerprint density at radius 2 is 1.90 bits per heavy atom. The summed E-state index contributed by atoms with van der Waals surface area (Å²) in [6.45, 7) is 0.523. The highest BCUT2D eigenvalue weighted by Gasteiger charge is 2.05. The van der Waals surface area contributed by atoms with Crippen molar-refractivity contribution in [3.8, 4) is 5.75 Å². The Bertz CT molecular complexity index is 768. The Kier molecular flexibility index (Phi) is 3.79. The Morgan fingerprint density at radius 1 is 1.05 bits per heavy atom. The fraction of sp³-hybridized carbons (Fsp3) is 0.118. The first-order chi connectivity index (χ1) is 10.3. The lowest BCUT2D eigenvalue weighted by Gasteiger charge is -2.09. The van der Waals surface area contributed by atoms with Crippen LogP contribution in [0.3, 0.4) is 0 Å². The highest BCUT2D eigenvalue weighted by molar-refractivity contribution is 5.81. The molecule has 4 heteroatoms. The highest BCUT2D eigenvalue weighted by atomic mass is 19.1. The van der Waals surface area contributed by atoms with Crippen LogP contribution in [-0.4, -0.2) is 4.98 Å². The van der Waals surface area contributed by atoms with Crippen LogP contribution in [0.15, 0.2) is 54.7 Å². The molecule has 0 fully saturated rings. The summed E-state index contributed by atoms with van der Waals surface area (Å²) in [5.41, 5.74) is 7.79. The van der Waals surface area contributed by atoms with Crippen LogP contribution in [0.1, 0.15) is 11.1 Å². The maximum atomic E-state index is 13.7. The van der Waals surface area contributed by atoms with Gasteiger partial charge >= 0.3 is 0 Å². The number of halogens is 1. The van der Waals surface area contributed by atoms with Gasteiger partial charge in [-0.05, 0) is 12.1 Å². The molecule has 0 unspecified atom stereocenters. The number of hydrogen-bond donors (Lipinski definition) is 1. The fourth-order valence-electron chi connectivity index (χ4n) is 2.23. The monoisotopic (exact) mass is 282 g/mol. The van der Waals surface area contributed by atoms with Gasteiger partial charge < -0.3 is 10.5 Å². The van der Waals surface area contributed by atoms with Crippen molar-refractivity contribution < 1.29 is 9.13 Å². The zero-order valence-corrected chi connectivity index (χ0v) is 11.4. The number of nitrogens with two attached hydrogens (primary N) is 1. The van der Waals surface area contributed by atoms with Crippen molar-refractivity contribution in [1.29, 1.82) is 0 Å². The topological polar surface area (TPSA) is 48.1 Å². The Labute approximate surface area is 122 Å². The first-order valence-electron chi connectivity index (χ1n) is 6.72. The number of nitrogens with zero attached hydrogens (tertiary/aromatic N) is 1. The van der Waals surface area contributed by atoms with Gasteiger partial charge in [0.1, 0.15) is 18.2 Å². The molecule has 0 amide bonds. The van der Waals surface area contributed by atoms with Gasteiger partial charge in [0.25, 0.3) is 0 Å². The molecule has 0 aliphatic rings. The zero-order valence-electron chi connectivity index (χ0n) is 11.4. The quantitative estimate of drug-likeness (QED) is 0.797. The van der Waals surface area contributed by atoms with Crippen LogP contribution in [0.4, 0.5) is 4.39 Å². The summed E-state index contributed by atoms with van der Waals surface area (Å²) in [4.78, 5) is 4.37. The van der Waals surface area contributed by atoms with Crippen molar-refractivity contribution in [2.75, 3.05) is 0 Å². The normalized spacial score (nSPS) is 10.8. The minimum atomic E-state index is -0.342. The van der Waals surface area contributed by atoms with Crippen molar-refractivity contribution in [3.63, 3.8) is 0 Å². The minimum absolute atomic E-state index is 0.180. The van der Waals surface area contributed by atoms with Crippen LogP contribution in [0.25, 0.3) is 10.9 Å². The Balaban J connectivity index is 1.82. The number of fused-ring (bicyclic) bond motifs is 1. The molecule has 21 heavy (non-hydrogen) atoms. The Morgan fingerprint density at radius 3 is 2.71 bits per heavy atom. The molecule has 2 N–H and O–H groups in total. The summed E-state index contributed by atoms with van der Waals surface area (Å²) in [7, 11) is 0. The molecule has 1 heterocycles. The van der Waals surface area contributed by atoms with Crippen molar-refractivity contribution in [2.45, 2.75) is 13.2 Å². The van der Waals surface area contributed by atoms with Gasteiger partial charge in [0.05, 0.1) is 5.52 Å². The average Bonchev–Trinajstić information content (AvgIpc) is 2.53. The maximum Gasteiger partial charge on any atom is 0.131 e. The molecule has 0 atom stereocenters. The van der Waals surface area contributed by atoms with Gasteiger partial charge in [-0.3, -0.25) is 4.98 Å². The van der Waals surface area contributed by atoms with Gasteiger partial charge in [-0.25, -0.2) is 4.39 Å². The predicted molar refractivity (Wildman–Crippen MR) is 80.4 cm³/mol.